The molecular weight excluding hydrogens is 679 g/mol. The van der Waals surface area contributed by atoms with Gasteiger partial charge in [0.15, 0.2) is 12.3 Å². The Kier molecular flexibility index (Phi) is 12.8. The molecule has 54 heavy (non-hydrogen) atoms. The zero-order valence-electron chi connectivity index (χ0n) is 31.1. The summed E-state index contributed by atoms with van der Waals surface area (Å²) in [7, 11) is 0. The Bertz CT molecular complexity index is 1760. The maximum atomic E-state index is 14.4. The van der Waals surface area contributed by atoms with Gasteiger partial charge in [-0.1, -0.05) is 135 Å². The molecule has 2 aliphatic heterocycles. The molecule has 5 amide bonds. The van der Waals surface area contributed by atoms with Gasteiger partial charge in [-0.05, 0) is 53.9 Å². The zero-order valence-corrected chi connectivity index (χ0v) is 31.1. The van der Waals surface area contributed by atoms with Crippen molar-refractivity contribution < 1.29 is 24.0 Å². The van der Waals surface area contributed by atoms with Gasteiger partial charge in [0.05, 0.1) is 6.54 Å². The number of primary amides is 1. The first-order valence-electron chi connectivity index (χ1n) is 19.0. The summed E-state index contributed by atoms with van der Waals surface area (Å²) in [5, 5.41) is 4.34. The number of carbonyl (C=O) groups excluding carboxylic acids is 4. The Morgan fingerprint density at radius 2 is 1.22 bits per heavy atom. The minimum absolute atomic E-state index is 0.00327. The fourth-order valence-corrected chi connectivity index (χ4v) is 7.80. The second-order valence-electron chi connectivity index (χ2n) is 14.6. The van der Waals surface area contributed by atoms with Gasteiger partial charge in [-0.3, -0.25) is 19.2 Å². The largest absolute Gasteiger partial charge is 0.370 e. The summed E-state index contributed by atoms with van der Waals surface area (Å²) in [5.74, 6) is -1.06. The van der Waals surface area contributed by atoms with Crippen LogP contribution >= 0.6 is 0 Å². The lowest BCUT2D eigenvalue weighted by Crippen LogP contribution is -2.74. The number of hydrogen-bond donors (Lipinski definition) is 2. The predicted octanol–water partition coefficient (Wildman–Crippen LogP) is 6.43. The molecule has 0 bridgehead atoms. The van der Waals surface area contributed by atoms with Gasteiger partial charge in [-0.25, -0.2) is 4.79 Å². The molecule has 4 aromatic rings. The van der Waals surface area contributed by atoms with Crippen LogP contribution in [-0.2, 0) is 19.2 Å². The molecule has 10 nitrogen and oxygen atoms in total. The molecular formula is C44H51N5O5. The van der Waals surface area contributed by atoms with Crippen molar-refractivity contribution in [1.29, 1.82) is 0 Å². The van der Waals surface area contributed by atoms with Crippen LogP contribution in [0.3, 0.4) is 0 Å². The van der Waals surface area contributed by atoms with Crippen molar-refractivity contribution in [3.05, 3.63) is 144 Å². The molecule has 2 saturated heterocycles. The van der Waals surface area contributed by atoms with E-state index >= 15 is 0 Å². The van der Waals surface area contributed by atoms with Crippen LogP contribution < -0.4 is 11.1 Å². The molecule has 282 valence electrons. The number of nitrogens with zero attached hydrogens (tertiary/aromatic N) is 3. The number of nitrogens with one attached hydrogen (secondary N) is 1. The second-order valence-corrected chi connectivity index (χ2v) is 14.6. The van der Waals surface area contributed by atoms with Crippen molar-refractivity contribution >= 4 is 23.8 Å². The molecule has 0 spiro atoms. The number of piperazine rings is 1. The summed E-state index contributed by atoms with van der Waals surface area (Å²) in [6.45, 7) is 4.71. The molecule has 0 aromatic heterocycles. The molecule has 0 radical (unpaired) electrons. The summed E-state index contributed by atoms with van der Waals surface area (Å²) in [6, 6.07) is 39.2. The molecule has 2 heterocycles. The van der Waals surface area contributed by atoms with Gasteiger partial charge in [0, 0.05) is 31.3 Å². The van der Waals surface area contributed by atoms with Crippen molar-refractivity contribution in [3.63, 3.8) is 0 Å². The molecule has 0 aliphatic carbocycles. The van der Waals surface area contributed by atoms with E-state index in [1.165, 1.54) is 9.96 Å². The van der Waals surface area contributed by atoms with Crippen molar-refractivity contribution in [2.24, 2.45) is 11.7 Å². The summed E-state index contributed by atoms with van der Waals surface area (Å²) in [4.78, 5) is 64.3. The van der Waals surface area contributed by atoms with Crippen LogP contribution in [-0.4, -0.2) is 76.6 Å². The standard InChI is InChI=1S/C44H51N5O5/c1-31(2)29-39-43(52)48-38(23-24-40(45)50)42(51)47(28-26-37(34-19-11-5-12-20-34)35-21-13-6-14-22-35)30-41(48)49(54-39)44(53)46-27-25-36(32-15-7-3-8-16-32)33-17-9-4-10-18-33/h3-22,31,36-39,41H,23-30H2,1-2H3,(H2,45,50)(H,46,53)/t38-,39+,41?/m0/s1. The zero-order chi connectivity index (χ0) is 38.0. The van der Waals surface area contributed by atoms with Crippen molar-refractivity contribution in [1.82, 2.24) is 20.2 Å². The molecule has 1 unspecified atom stereocenters. The van der Waals surface area contributed by atoms with Gasteiger partial charge < -0.3 is 20.9 Å². The lowest BCUT2D eigenvalue weighted by molar-refractivity contribution is -0.261. The monoisotopic (exact) mass is 729 g/mol. The van der Waals surface area contributed by atoms with E-state index < -0.39 is 30.2 Å². The molecule has 10 heteroatoms. The van der Waals surface area contributed by atoms with Gasteiger partial charge in [0.2, 0.25) is 11.8 Å². The van der Waals surface area contributed by atoms with Crippen LogP contribution in [0.15, 0.2) is 121 Å². The number of benzene rings is 4. The highest BCUT2D eigenvalue weighted by Gasteiger charge is 2.53. The number of rotatable bonds is 15. The maximum Gasteiger partial charge on any atom is 0.343 e. The Labute approximate surface area is 318 Å². The Hall–Kier alpha value is -5.48. The SMILES string of the molecule is CC(C)C[C@H]1ON(C(=O)NCCC(c2ccccc2)c2ccccc2)C2CN(CCC(c3ccccc3)c3ccccc3)C(=O)[C@H](CCC(N)=O)N2C1=O. The van der Waals surface area contributed by atoms with Crippen LogP contribution in [0.5, 0.6) is 0 Å². The second kappa shape index (κ2) is 18.0. The van der Waals surface area contributed by atoms with E-state index in [1.54, 1.807) is 4.90 Å². The number of hydrogen-bond acceptors (Lipinski definition) is 5. The normalized spacial score (nSPS) is 18.7. The van der Waals surface area contributed by atoms with Gasteiger partial charge in [0.1, 0.15) is 6.04 Å². The fourth-order valence-electron chi connectivity index (χ4n) is 7.80. The maximum absolute atomic E-state index is 14.4. The number of fused-ring (bicyclic) bond motifs is 1. The molecule has 0 saturated carbocycles. The molecule has 4 aromatic carbocycles. The molecule has 3 N–H and O–H groups in total. The number of urea groups is 1. The number of nitrogens with two attached hydrogens (primary N) is 1. The van der Waals surface area contributed by atoms with Crippen LogP contribution in [0.1, 0.15) is 80.0 Å². The Morgan fingerprint density at radius 3 is 1.69 bits per heavy atom. The molecule has 6 rings (SSSR count). The minimum atomic E-state index is -0.981. The van der Waals surface area contributed by atoms with Crippen molar-refractivity contribution in [2.45, 2.75) is 76.1 Å². The molecule has 3 atom stereocenters. The number of amides is 5. The van der Waals surface area contributed by atoms with Gasteiger partial charge in [-0.15, -0.1) is 0 Å². The van der Waals surface area contributed by atoms with E-state index in [1.807, 2.05) is 86.6 Å². The van der Waals surface area contributed by atoms with Crippen LogP contribution in [0, 0.1) is 5.92 Å². The quantitative estimate of drug-likeness (QED) is 0.146. The average Bonchev–Trinajstić information content (AvgIpc) is 3.18. The first-order chi connectivity index (χ1) is 26.2. The highest BCUT2D eigenvalue weighted by atomic mass is 16.7. The first kappa shape index (κ1) is 38.3. The van der Waals surface area contributed by atoms with Crippen LogP contribution in [0.25, 0.3) is 0 Å². The Balaban J connectivity index is 1.26. The summed E-state index contributed by atoms with van der Waals surface area (Å²) >= 11 is 0. The lowest BCUT2D eigenvalue weighted by Gasteiger charge is -2.53. The van der Waals surface area contributed by atoms with Gasteiger partial charge in [-0.2, -0.15) is 5.06 Å². The highest BCUT2D eigenvalue weighted by Crippen LogP contribution is 2.34. The fraction of sp³-hybridized carbons (Fsp3) is 0.364. The van der Waals surface area contributed by atoms with E-state index in [0.717, 1.165) is 22.3 Å². The predicted molar refractivity (Wildman–Crippen MR) is 208 cm³/mol. The van der Waals surface area contributed by atoms with Gasteiger partial charge in [0.25, 0.3) is 5.91 Å². The van der Waals surface area contributed by atoms with E-state index in [2.05, 4.69) is 53.8 Å². The third kappa shape index (κ3) is 9.17. The Morgan fingerprint density at radius 1 is 0.741 bits per heavy atom. The van der Waals surface area contributed by atoms with E-state index in [9.17, 15) is 19.2 Å². The lowest BCUT2D eigenvalue weighted by atomic mass is 9.88. The van der Waals surface area contributed by atoms with Gasteiger partial charge >= 0.3 is 6.03 Å². The summed E-state index contributed by atoms with van der Waals surface area (Å²) in [5.41, 5.74) is 10.1. The molecule has 2 aliphatic rings. The summed E-state index contributed by atoms with van der Waals surface area (Å²) < 4.78 is 0. The van der Waals surface area contributed by atoms with Crippen LogP contribution in [0.4, 0.5) is 4.79 Å². The molecule has 2 fully saturated rings. The number of carbonyl (C=O) groups is 4. The average molecular weight is 730 g/mol. The van der Waals surface area contributed by atoms with Crippen molar-refractivity contribution in [3.8, 4) is 0 Å². The van der Waals surface area contributed by atoms with E-state index in [-0.39, 0.29) is 49.0 Å². The topological polar surface area (TPSA) is 125 Å². The smallest absolute Gasteiger partial charge is 0.343 e. The first-order valence-corrected chi connectivity index (χ1v) is 19.0. The van der Waals surface area contributed by atoms with E-state index in [0.29, 0.717) is 32.4 Å². The van der Waals surface area contributed by atoms with Crippen molar-refractivity contribution in [2.75, 3.05) is 19.6 Å². The minimum Gasteiger partial charge on any atom is -0.370 e. The number of hydroxylamine groups is 2. The summed E-state index contributed by atoms with van der Waals surface area (Å²) in [6.07, 6.45) is -0.319. The highest BCUT2D eigenvalue weighted by molar-refractivity contribution is 5.92. The third-order valence-electron chi connectivity index (χ3n) is 10.4. The van der Waals surface area contributed by atoms with E-state index in [4.69, 9.17) is 10.6 Å². The van der Waals surface area contributed by atoms with Crippen LogP contribution in [0.2, 0.25) is 0 Å². The third-order valence-corrected chi connectivity index (χ3v) is 10.4.